The highest BCUT2D eigenvalue weighted by Gasteiger charge is 2.29. The lowest BCUT2D eigenvalue weighted by atomic mass is 10.0. The van der Waals surface area contributed by atoms with E-state index in [2.05, 4.69) is 29.7 Å². The lowest BCUT2D eigenvalue weighted by Gasteiger charge is -2.15. The Morgan fingerprint density at radius 3 is 2.56 bits per heavy atom. The largest absolute Gasteiger partial charge is 0.326 e. The average Bonchev–Trinajstić information content (AvgIpc) is 3.45. The van der Waals surface area contributed by atoms with Crippen LogP contribution in [0.2, 0.25) is 0 Å². The van der Waals surface area contributed by atoms with Crippen LogP contribution in [0.25, 0.3) is 0 Å². The Labute approximate surface area is 148 Å². The van der Waals surface area contributed by atoms with Gasteiger partial charge < -0.3 is 10.6 Å². The summed E-state index contributed by atoms with van der Waals surface area (Å²) in [6.45, 7) is 4.82. The highest BCUT2D eigenvalue weighted by molar-refractivity contribution is 5.94. The minimum atomic E-state index is 0.134. The van der Waals surface area contributed by atoms with Gasteiger partial charge in [0.15, 0.2) is 0 Å². The van der Waals surface area contributed by atoms with Crippen LogP contribution in [-0.2, 0) is 11.3 Å². The van der Waals surface area contributed by atoms with Crippen LogP contribution in [-0.4, -0.2) is 5.91 Å². The number of hydrogen-bond acceptors (Lipinski definition) is 3. The van der Waals surface area contributed by atoms with Crippen LogP contribution in [0.5, 0.6) is 0 Å². The Morgan fingerprint density at radius 1 is 1.24 bits per heavy atom. The minimum absolute atomic E-state index is 0.134. The molecule has 25 heavy (non-hydrogen) atoms. The van der Waals surface area contributed by atoms with E-state index < -0.39 is 0 Å². The Balaban J connectivity index is 1.55. The number of rotatable bonds is 6. The molecular formula is C21H23N3O. The van der Waals surface area contributed by atoms with Gasteiger partial charge in [0.05, 0.1) is 11.6 Å². The lowest BCUT2D eigenvalue weighted by molar-refractivity contribution is -0.117. The van der Waals surface area contributed by atoms with E-state index in [-0.39, 0.29) is 17.9 Å². The normalized spacial score (nSPS) is 14.6. The smallest absolute Gasteiger partial charge is 0.227 e. The molecule has 2 N–H and O–H groups in total. The molecule has 0 bridgehead atoms. The molecule has 128 valence electrons. The van der Waals surface area contributed by atoms with Crippen molar-refractivity contribution < 1.29 is 4.79 Å². The van der Waals surface area contributed by atoms with Gasteiger partial charge in [-0.2, -0.15) is 5.26 Å². The van der Waals surface area contributed by atoms with E-state index in [9.17, 15) is 4.79 Å². The zero-order valence-electron chi connectivity index (χ0n) is 14.7. The van der Waals surface area contributed by atoms with Gasteiger partial charge in [0, 0.05) is 24.2 Å². The molecule has 1 amide bonds. The fraction of sp³-hybridized carbons (Fsp3) is 0.333. The van der Waals surface area contributed by atoms with E-state index in [0.29, 0.717) is 0 Å². The van der Waals surface area contributed by atoms with Gasteiger partial charge in [0.1, 0.15) is 0 Å². The van der Waals surface area contributed by atoms with Gasteiger partial charge in [-0.05, 0) is 61.6 Å². The zero-order chi connectivity index (χ0) is 17.8. The van der Waals surface area contributed by atoms with Gasteiger partial charge in [-0.25, -0.2) is 0 Å². The molecule has 1 atom stereocenters. The summed E-state index contributed by atoms with van der Waals surface area (Å²) in [6, 6.07) is 16.3. The Kier molecular flexibility index (Phi) is 5.16. The molecule has 1 aliphatic carbocycles. The van der Waals surface area contributed by atoms with E-state index in [4.69, 9.17) is 5.26 Å². The fourth-order valence-electron chi connectivity index (χ4n) is 2.79. The van der Waals surface area contributed by atoms with Crippen LogP contribution in [0, 0.1) is 24.2 Å². The third kappa shape index (κ3) is 4.46. The molecule has 0 aromatic heterocycles. The third-order valence-corrected chi connectivity index (χ3v) is 4.65. The van der Waals surface area contributed by atoms with Crippen LogP contribution >= 0.6 is 0 Å². The fourth-order valence-corrected chi connectivity index (χ4v) is 2.79. The summed E-state index contributed by atoms with van der Waals surface area (Å²) < 4.78 is 0. The summed E-state index contributed by atoms with van der Waals surface area (Å²) in [5.41, 5.74) is 4.92. The van der Waals surface area contributed by atoms with Gasteiger partial charge in [-0.15, -0.1) is 0 Å². The Morgan fingerprint density at radius 2 is 1.96 bits per heavy atom. The first-order valence-electron chi connectivity index (χ1n) is 8.70. The number of nitriles is 1. The monoisotopic (exact) mass is 333 g/mol. The van der Waals surface area contributed by atoms with Crippen molar-refractivity contribution >= 4 is 11.6 Å². The third-order valence-electron chi connectivity index (χ3n) is 4.65. The van der Waals surface area contributed by atoms with Crippen molar-refractivity contribution in [1.82, 2.24) is 5.32 Å². The zero-order valence-corrected chi connectivity index (χ0v) is 14.7. The molecule has 1 fully saturated rings. The molecule has 0 radical (unpaired) electrons. The number of anilines is 1. The van der Waals surface area contributed by atoms with Gasteiger partial charge in [-0.3, -0.25) is 4.79 Å². The van der Waals surface area contributed by atoms with Crippen molar-refractivity contribution in [3.05, 3.63) is 64.7 Å². The first-order chi connectivity index (χ1) is 12.1. The predicted molar refractivity (Wildman–Crippen MR) is 98.9 cm³/mol. The molecule has 2 aromatic carbocycles. The van der Waals surface area contributed by atoms with E-state index in [0.717, 1.165) is 41.8 Å². The van der Waals surface area contributed by atoms with Gasteiger partial charge in [0.25, 0.3) is 0 Å². The molecule has 1 saturated carbocycles. The summed E-state index contributed by atoms with van der Waals surface area (Å²) in [7, 11) is 0. The molecule has 3 rings (SSSR count). The van der Waals surface area contributed by atoms with Crippen molar-refractivity contribution in [2.24, 2.45) is 5.92 Å². The second kappa shape index (κ2) is 7.50. The number of hydrogen-bond donors (Lipinski definition) is 2. The summed E-state index contributed by atoms with van der Waals surface area (Å²) in [6.07, 6.45) is 2.03. The summed E-state index contributed by atoms with van der Waals surface area (Å²) in [5.74, 6) is 0.353. The molecule has 2 aromatic rings. The van der Waals surface area contributed by atoms with E-state index in [1.807, 2.05) is 43.3 Å². The molecule has 4 heteroatoms. The van der Waals surface area contributed by atoms with Gasteiger partial charge in [0.2, 0.25) is 5.91 Å². The number of carbonyl (C=O) groups excluding carboxylic acids is 1. The van der Waals surface area contributed by atoms with Gasteiger partial charge in [-0.1, -0.05) is 24.3 Å². The molecule has 0 spiro atoms. The van der Waals surface area contributed by atoms with Crippen LogP contribution in [0.15, 0.2) is 42.5 Å². The molecule has 0 heterocycles. The maximum Gasteiger partial charge on any atom is 0.227 e. The van der Waals surface area contributed by atoms with Crippen molar-refractivity contribution in [2.75, 3.05) is 5.32 Å². The van der Waals surface area contributed by atoms with E-state index >= 15 is 0 Å². The number of nitrogens with one attached hydrogen (secondary N) is 2. The first kappa shape index (κ1) is 17.2. The Hall–Kier alpha value is -2.64. The van der Waals surface area contributed by atoms with Crippen LogP contribution in [0.3, 0.4) is 0 Å². The van der Waals surface area contributed by atoms with E-state index in [1.165, 1.54) is 5.56 Å². The molecule has 4 nitrogen and oxygen atoms in total. The number of amides is 1. The number of aryl methyl sites for hydroxylation is 1. The Bertz CT molecular complexity index is 801. The van der Waals surface area contributed by atoms with Crippen molar-refractivity contribution in [2.45, 2.75) is 39.3 Å². The number of benzene rings is 2. The molecular weight excluding hydrogens is 310 g/mol. The summed E-state index contributed by atoms with van der Waals surface area (Å²) in [5, 5.41) is 15.5. The second-order valence-corrected chi connectivity index (χ2v) is 6.75. The lowest BCUT2D eigenvalue weighted by Crippen LogP contribution is -2.18. The molecule has 0 aliphatic heterocycles. The topological polar surface area (TPSA) is 64.9 Å². The standard InChI is InChI=1S/C21H23N3O/c1-14-11-16(3-4-19(14)12-22)13-23-15(2)17-7-9-20(10-8-17)24-21(25)18-5-6-18/h3-4,7-11,15,18,23H,5-6,13H2,1-2H3,(H,24,25)/t15-/m0/s1. The van der Waals surface area contributed by atoms with Crippen molar-refractivity contribution in [3.63, 3.8) is 0 Å². The van der Waals surface area contributed by atoms with Crippen LogP contribution in [0.1, 0.15) is 48.1 Å². The number of carbonyl (C=O) groups is 1. The quantitative estimate of drug-likeness (QED) is 0.837. The van der Waals surface area contributed by atoms with Crippen LogP contribution in [0.4, 0.5) is 5.69 Å². The maximum absolute atomic E-state index is 11.8. The first-order valence-corrected chi connectivity index (χ1v) is 8.70. The predicted octanol–water partition coefficient (Wildman–Crippen LogP) is 4.07. The van der Waals surface area contributed by atoms with Crippen molar-refractivity contribution in [1.29, 1.82) is 5.26 Å². The minimum Gasteiger partial charge on any atom is -0.326 e. The average molecular weight is 333 g/mol. The van der Waals surface area contributed by atoms with Crippen LogP contribution < -0.4 is 10.6 Å². The maximum atomic E-state index is 11.8. The molecule has 0 unspecified atom stereocenters. The van der Waals surface area contributed by atoms with Gasteiger partial charge >= 0.3 is 0 Å². The summed E-state index contributed by atoms with van der Waals surface area (Å²) >= 11 is 0. The molecule has 1 aliphatic rings. The molecule has 0 saturated heterocycles. The summed E-state index contributed by atoms with van der Waals surface area (Å²) in [4.78, 5) is 11.8. The van der Waals surface area contributed by atoms with E-state index in [1.54, 1.807) is 0 Å². The van der Waals surface area contributed by atoms with Crippen molar-refractivity contribution in [3.8, 4) is 6.07 Å². The highest BCUT2D eigenvalue weighted by Crippen LogP contribution is 2.30. The second-order valence-electron chi connectivity index (χ2n) is 6.75. The highest BCUT2D eigenvalue weighted by atomic mass is 16.2. The SMILES string of the molecule is Cc1cc(CN[C@@H](C)c2ccc(NC(=O)C3CC3)cc2)ccc1C#N. The number of nitrogens with zero attached hydrogens (tertiary/aromatic N) is 1.